The fourth-order valence-corrected chi connectivity index (χ4v) is 3.73. The molecule has 0 bridgehead atoms. The van der Waals surface area contributed by atoms with Gasteiger partial charge in [-0.15, -0.1) is 0 Å². The van der Waals surface area contributed by atoms with Crippen molar-refractivity contribution in [3.63, 3.8) is 0 Å². The molecule has 4 heteroatoms. The largest absolute Gasteiger partial charge is 0.484 e. The number of nitrogens with two attached hydrogens (primary N) is 1. The third-order valence-corrected chi connectivity index (χ3v) is 4.81. The first-order valence-electron chi connectivity index (χ1n) is 8.02. The molecule has 1 aromatic rings. The molecule has 1 amide bonds. The second-order valence-corrected chi connectivity index (χ2v) is 6.20. The van der Waals surface area contributed by atoms with Gasteiger partial charge in [-0.05, 0) is 55.9 Å². The van der Waals surface area contributed by atoms with Crippen molar-refractivity contribution in [1.29, 1.82) is 0 Å². The maximum Gasteiger partial charge on any atom is 0.260 e. The second kappa shape index (κ2) is 6.37. The van der Waals surface area contributed by atoms with Gasteiger partial charge < -0.3 is 15.4 Å². The van der Waals surface area contributed by atoms with Gasteiger partial charge in [0.15, 0.2) is 6.61 Å². The van der Waals surface area contributed by atoms with E-state index in [1.807, 2.05) is 12.1 Å². The maximum atomic E-state index is 12.5. The van der Waals surface area contributed by atoms with Crippen LogP contribution in [0.15, 0.2) is 24.3 Å². The lowest BCUT2D eigenvalue weighted by Gasteiger charge is -2.44. The van der Waals surface area contributed by atoms with Crippen molar-refractivity contribution in [2.45, 2.75) is 44.6 Å². The van der Waals surface area contributed by atoms with Crippen LogP contribution in [0, 0.1) is 5.92 Å². The Bertz CT molecular complexity index is 484. The van der Waals surface area contributed by atoms with Gasteiger partial charge in [-0.2, -0.15) is 0 Å². The number of carbonyl (C=O) groups excluding carboxylic acids is 1. The molecule has 1 aliphatic carbocycles. The number of ether oxygens (including phenoxy) is 1. The molecule has 1 saturated heterocycles. The number of carbonyl (C=O) groups is 1. The molecule has 2 N–H and O–H groups in total. The van der Waals surface area contributed by atoms with E-state index < -0.39 is 0 Å². The van der Waals surface area contributed by atoms with Crippen LogP contribution in [0.3, 0.4) is 0 Å². The molecule has 1 heterocycles. The van der Waals surface area contributed by atoms with E-state index in [1.54, 1.807) is 12.1 Å². The minimum Gasteiger partial charge on any atom is -0.484 e. The zero-order chi connectivity index (χ0) is 14.7. The van der Waals surface area contributed by atoms with Gasteiger partial charge in [0.25, 0.3) is 5.91 Å². The number of amides is 1. The number of fused-ring (bicyclic) bond motifs is 1. The zero-order valence-corrected chi connectivity index (χ0v) is 12.5. The van der Waals surface area contributed by atoms with E-state index in [9.17, 15) is 4.79 Å². The number of hydrogen-bond donors (Lipinski definition) is 1. The Kier molecular flexibility index (Phi) is 4.32. The summed E-state index contributed by atoms with van der Waals surface area (Å²) in [5, 5.41) is 0. The minimum atomic E-state index is 0.128. The zero-order valence-electron chi connectivity index (χ0n) is 12.5. The van der Waals surface area contributed by atoms with Gasteiger partial charge >= 0.3 is 0 Å². The van der Waals surface area contributed by atoms with Crippen LogP contribution in [0.1, 0.15) is 38.5 Å². The summed E-state index contributed by atoms with van der Waals surface area (Å²) in [6.07, 6.45) is 7.45. The van der Waals surface area contributed by atoms with Crippen molar-refractivity contribution < 1.29 is 9.53 Å². The SMILES string of the molecule is Nc1ccc(OCC(=O)N2CCCC3CCCCC32)cc1. The van der Waals surface area contributed by atoms with Crippen molar-refractivity contribution in [2.24, 2.45) is 5.92 Å². The molecule has 1 saturated carbocycles. The predicted octanol–water partition coefficient (Wildman–Crippen LogP) is 2.83. The highest BCUT2D eigenvalue weighted by molar-refractivity contribution is 5.78. The van der Waals surface area contributed by atoms with Crippen molar-refractivity contribution in [3.05, 3.63) is 24.3 Å². The predicted molar refractivity (Wildman–Crippen MR) is 83.0 cm³/mol. The quantitative estimate of drug-likeness (QED) is 0.870. The smallest absolute Gasteiger partial charge is 0.260 e. The molecule has 0 spiro atoms. The van der Waals surface area contributed by atoms with Crippen LogP contribution in [0.5, 0.6) is 5.75 Å². The summed E-state index contributed by atoms with van der Waals surface area (Å²) in [5.74, 6) is 1.55. The summed E-state index contributed by atoms with van der Waals surface area (Å²) in [5.41, 5.74) is 6.35. The van der Waals surface area contributed by atoms with Gasteiger partial charge in [0.1, 0.15) is 5.75 Å². The van der Waals surface area contributed by atoms with Gasteiger partial charge in [-0.3, -0.25) is 4.79 Å². The highest BCUT2D eigenvalue weighted by Gasteiger charge is 2.35. The number of rotatable bonds is 3. The molecule has 2 fully saturated rings. The van der Waals surface area contributed by atoms with Crippen LogP contribution >= 0.6 is 0 Å². The number of anilines is 1. The molecule has 0 aromatic heterocycles. The minimum absolute atomic E-state index is 0.128. The highest BCUT2D eigenvalue weighted by atomic mass is 16.5. The van der Waals surface area contributed by atoms with Crippen LogP contribution in [0.2, 0.25) is 0 Å². The van der Waals surface area contributed by atoms with Crippen LogP contribution in [0.4, 0.5) is 5.69 Å². The normalized spacial score (nSPS) is 25.2. The van der Waals surface area contributed by atoms with E-state index in [4.69, 9.17) is 10.5 Å². The van der Waals surface area contributed by atoms with Gasteiger partial charge in [-0.25, -0.2) is 0 Å². The Morgan fingerprint density at radius 3 is 2.67 bits per heavy atom. The van der Waals surface area contributed by atoms with Gasteiger partial charge in [0, 0.05) is 18.3 Å². The molecule has 2 atom stereocenters. The molecule has 2 unspecified atom stereocenters. The summed E-state index contributed by atoms with van der Waals surface area (Å²) < 4.78 is 5.61. The fraction of sp³-hybridized carbons (Fsp3) is 0.588. The van der Waals surface area contributed by atoms with Crippen molar-refractivity contribution >= 4 is 11.6 Å². The lowest BCUT2D eigenvalue weighted by molar-refractivity contribution is -0.139. The third-order valence-electron chi connectivity index (χ3n) is 4.81. The molecule has 114 valence electrons. The third kappa shape index (κ3) is 3.31. The second-order valence-electron chi connectivity index (χ2n) is 6.20. The maximum absolute atomic E-state index is 12.5. The van der Waals surface area contributed by atoms with Crippen LogP contribution in [-0.2, 0) is 4.79 Å². The van der Waals surface area contributed by atoms with Crippen LogP contribution in [-0.4, -0.2) is 30.0 Å². The number of nitrogens with zero attached hydrogens (tertiary/aromatic N) is 1. The molecule has 21 heavy (non-hydrogen) atoms. The number of nitrogen functional groups attached to an aromatic ring is 1. The van der Waals surface area contributed by atoms with E-state index in [0.29, 0.717) is 23.4 Å². The Labute approximate surface area is 126 Å². The molecule has 3 rings (SSSR count). The van der Waals surface area contributed by atoms with Crippen LogP contribution < -0.4 is 10.5 Å². The standard InChI is InChI=1S/C17H24N2O2/c18-14-7-9-15(10-8-14)21-12-17(20)19-11-3-5-13-4-1-2-6-16(13)19/h7-10,13,16H,1-6,11-12,18H2. The Morgan fingerprint density at radius 2 is 1.86 bits per heavy atom. The van der Waals surface area contributed by atoms with Gasteiger partial charge in [0.05, 0.1) is 0 Å². The van der Waals surface area contributed by atoms with Crippen LogP contribution in [0.25, 0.3) is 0 Å². The van der Waals surface area contributed by atoms with Gasteiger partial charge in [0.2, 0.25) is 0 Å². The summed E-state index contributed by atoms with van der Waals surface area (Å²) >= 11 is 0. The molecule has 2 aliphatic rings. The number of hydrogen-bond acceptors (Lipinski definition) is 3. The average Bonchev–Trinajstić information content (AvgIpc) is 2.53. The first kappa shape index (κ1) is 14.2. The highest BCUT2D eigenvalue weighted by Crippen LogP contribution is 2.35. The molecule has 0 radical (unpaired) electrons. The first-order valence-corrected chi connectivity index (χ1v) is 8.02. The number of likely N-dealkylation sites (tertiary alicyclic amines) is 1. The summed E-state index contributed by atoms with van der Waals surface area (Å²) in [4.78, 5) is 14.5. The first-order chi connectivity index (χ1) is 10.2. The van der Waals surface area contributed by atoms with Crippen molar-refractivity contribution in [1.82, 2.24) is 4.90 Å². The Balaban J connectivity index is 1.57. The Morgan fingerprint density at radius 1 is 1.14 bits per heavy atom. The lowest BCUT2D eigenvalue weighted by atomic mass is 9.78. The molecule has 1 aromatic carbocycles. The van der Waals surface area contributed by atoms with E-state index in [0.717, 1.165) is 19.4 Å². The molecular weight excluding hydrogens is 264 g/mol. The van der Waals surface area contributed by atoms with E-state index in [1.165, 1.54) is 25.7 Å². The number of piperidine rings is 1. The average molecular weight is 288 g/mol. The van der Waals surface area contributed by atoms with E-state index in [2.05, 4.69) is 4.90 Å². The van der Waals surface area contributed by atoms with E-state index >= 15 is 0 Å². The summed E-state index contributed by atoms with van der Waals surface area (Å²) in [6, 6.07) is 7.65. The topological polar surface area (TPSA) is 55.6 Å². The molecular formula is C17H24N2O2. The molecule has 1 aliphatic heterocycles. The van der Waals surface area contributed by atoms with Gasteiger partial charge in [-0.1, -0.05) is 12.8 Å². The van der Waals surface area contributed by atoms with E-state index in [-0.39, 0.29) is 12.5 Å². The van der Waals surface area contributed by atoms with Crippen molar-refractivity contribution in [2.75, 3.05) is 18.9 Å². The van der Waals surface area contributed by atoms with Crippen molar-refractivity contribution in [3.8, 4) is 5.75 Å². The lowest BCUT2D eigenvalue weighted by Crippen LogP contribution is -2.51. The monoisotopic (exact) mass is 288 g/mol. The summed E-state index contributed by atoms with van der Waals surface area (Å²) in [7, 11) is 0. The Hall–Kier alpha value is -1.71. The number of benzene rings is 1. The molecule has 4 nitrogen and oxygen atoms in total. The fourth-order valence-electron chi connectivity index (χ4n) is 3.73. The summed E-state index contributed by atoms with van der Waals surface area (Å²) in [6.45, 7) is 1.03.